The summed E-state index contributed by atoms with van der Waals surface area (Å²) in [6, 6.07) is 0. The molecule has 0 bridgehead atoms. The smallest absolute Gasteiger partial charge is 0.432 e. The predicted octanol–water partition coefficient (Wildman–Crippen LogP) is 1.58. The van der Waals surface area contributed by atoms with Gasteiger partial charge in [0.2, 0.25) is 0 Å². The lowest BCUT2D eigenvalue weighted by molar-refractivity contribution is -0.260. The van der Waals surface area contributed by atoms with Gasteiger partial charge < -0.3 is 14.0 Å². The Morgan fingerprint density at radius 3 is 1.92 bits per heavy atom. The molecule has 0 aromatic heterocycles. The van der Waals surface area contributed by atoms with Crippen molar-refractivity contribution in [2.75, 3.05) is 6.61 Å². The summed E-state index contributed by atoms with van der Waals surface area (Å²) in [5.74, 6) is -3.12. The van der Waals surface area contributed by atoms with Crippen molar-refractivity contribution in [1.82, 2.24) is 0 Å². The first-order valence-corrected chi connectivity index (χ1v) is 7.64. The molecule has 0 saturated carbocycles. The zero-order chi connectivity index (χ0) is 19.6. The highest BCUT2D eigenvalue weighted by atomic mass is 32.2. The van der Waals surface area contributed by atoms with Crippen LogP contribution in [0.15, 0.2) is 0 Å². The van der Waals surface area contributed by atoms with Gasteiger partial charge >= 0.3 is 23.4 Å². The van der Waals surface area contributed by atoms with Gasteiger partial charge in [-0.15, -0.1) is 0 Å². The van der Waals surface area contributed by atoms with Gasteiger partial charge in [-0.3, -0.25) is 4.79 Å². The van der Waals surface area contributed by atoms with Gasteiger partial charge in [-0.1, -0.05) is 6.92 Å². The number of alkyl halides is 5. The van der Waals surface area contributed by atoms with E-state index in [1.165, 1.54) is 13.8 Å². The van der Waals surface area contributed by atoms with Gasteiger partial charge in [0.25, 0.3) is 6.10 Å². The summed E-state index contributed by atoms with van der Waals surface area (Å²) < 4.78 is 102. The fraction of sp³-hybridized carbons (Fsp3) is 0.818. The van der Waals surface area contributed by atoms with E-state index >= 15 is 0 Å². The van der Waals surface area contributed by atoms with E-state index in [-0.39, 0.29) is 6.42 Å². The summed E-state index contributed by atoms with van der Waals surface area (Å²) in [5, 5.41) is -5.95. The Morgan fingerprint density at radius 2 is 1.58 bits per heavy atom. The minimum atomic E-state index is -6.78. The van der Waals surface area contributed by atoms with Gasteiger partial charge in [0.15, 0.2) is 16.7 Å². The first-order valence-electron chi connectivity index (χ1n) is 6.23. The molecule has 1 atom stereocenters. The minimum Gasteiger partial charge on any atom is -0.743 e. The predicted molar refractivity (Wildman–Crippen MR) is 65.6 cm³/mol. The molecule has 13 heteroatoms. The summed E-state index contributed by atoms with van der Waals surface area (Å²) in [7, 11) is -6.78. The van der Waals surface area contributed by atoms with Crippen LogP contribution in [-0.2, 0) is 29.2 Å². The number of halogens is 5. The van der Waals surface area contributed by atoms with E-state index in [1.54, 1.807) is 6.92 Å². The summed E-state index contributed by atoms with van der Waals surface area (Å²) >= 11 is 0. The molecule has 0 radical (unpaired) electrons. The van der Waals surface area contributed by atoms with E-state index < -0.39 is 51.6 Å². The monoisotopic (exact) mass is 385 g/mol. The lowest BCUT2D eigenvalue weighted by atomic mass is 9.91. The zero-order valence-corrected chi connectivity index (χ0v) is 13.5. The van der Waals surface area contributed by atoms with Crippen molar-refractivity contribution in [3.8, 4) is 0 Å². The van der Waals surface area contributed by atoms with Crippen LogP contribution in [0.25, 0.3) is 0 Å². The molecule has 1 unspecified atom stereocenters. The molecule has 142 valence electrons. The zero-order valence-electron chi connectivity index (χ0n) is 12.6. The van der Waals surface area contributed by atoms with Crippen LogP contribution >= 0.6 is 0 Å². The Kier molecular flexibility index (Phi) is 6.72. The second-order valence-corrected chi connectivity index (χ2v) is 6.69. The van der Waals surface area contributed by atoms with E-state index in [4.69, 9.17) is 0 Å². The van der Waals surface area contributed by atoms with Gasteiger partial charge in [-0.2, -0.15) is 22.0 Å². The van der Waals surface area contributed by atoms with Crippen molar-refractivity contribution in [3.63, 3.8) is 0 Å². The van der Waals surface area contributed by atoms with Crippen LogP contribution in [0.1, 0.15) is 27.2 Å². The molecule has 7 nitrogen and oxygen atoms in total. The second kappa shape index (κ2) is 7.17. The molecule has 0 fully saturated rings. The summed E-state index contributed by atoms with van der Waals surface area (Å²) in [6.45, 7) is 2.87. The molecule has 0 saturated heterocycles. The highest BCUT2D eigenvalue weighted by molar-refractivity contribution is 7.86. The molecule has 0 aliphatic heterocycles. The maximum atomic E-state index is 13.1. The molecule has 0 spiro atoms. The molecule has 0 aliphatic rings. The van der Waals surface area contributed by atoms with E-state index in [1.807, 2.05) is 0 Å². The number of ether oxygens (including phenoxy) is 2. The molecule has 0 aromatic rings. The lowest BCUT2D eigenvalue weighted by Crippen LogP contribution is -2.52. The molecular weight excluding hydrogens is 371 g/mol. The summed E-state index contributed by atoms with van der Waals surface area (Å²) in [4.78, 5) is 22.7. The Hall–Kier alpha value is -1.50. The standard InChI is InChI=1S/C11H15F5O7S/c1-4-9(2,3)8(18)22-5-6(17)23-7(10(12,13)14)11(15,16)24(19,20)21/h7H,4-5H2,1-3H3,(H,19,20,21)/p-1. The first-order chi connectivity index (χ1) is 10.5. The largest absolute Gasteiger partial charge is 0.743 e. The van der Waals surface area contributed by atoms with E-state index in [9.17, 15) is 44.5 Å². The van der Waals surface area contributed by atoms with Crippen LogP contribution in [-0.4, -0.2) is 49.1 Å². The third-order valence-electron chi connectivity index (χ3n) is 2.94. The van der Waals surface area contributed by atoms with Crippen molar-refractivity contribution in [2.45, 2.75) is 44.7 Å². The van der Waals surface area contributed by atoms with Crippen molar-refractivity contribution < 1.29 is 54.0 Å². The molecule has 24 heavy (non-hydrogen) atoms. The molecular formula is C11H14F5O7S-. The van der Waals surface area contributed by atoms with Crippen LogP contribution in [0, 0.1) is 5.41 Å². The Balaban J connectivity index is 5.16. The Labute approximate surface area is 133 Å². The van der Waals surface area contributed by atoms with Crippen molar-refractivity contribution in [2.24, 2.45) is 5.41 Å². The minimum absolute atomic E-state index is 0.235. The van der Waals surface area contributed by atoms with Gasteiger partial charge in [-0.05, 0) is 20.3 Å². The van der Waals surface area contributed by atoms with Crippen LogP contribution in [0.5, 0.6) is 0 Å². The first kappa shape index (κ1) is 22.5. The number of hydrogen-bond donors (Lipinski definition) is 0. The van der Waals surface area contributed by atoms with Crippen LogP contribution < -0.4 is 0 Å². The van der Waals surface area contributed by atoms with Crippen molar-refractivity contribution in [3.05, 3.63) is 0 Å². The third-order valence-corrected chi connectivity index (χ3v) is 3.82. The molecule has 0 aliphatic carbocycles. The number of carbonyl (C=O) groups is 2. The lowest BCUT2D eigenvalue weighted by Gasteiger charge is -2.29. The quantitative estimate of drug-likeness (QED) is 0.372. The van der Waals surface area contributed by atoms with E-state index in [0.29, 0.717) is 0 Å². The summed E-state index contributed by atoms with van der Waals surface area (Å²) in [5.41, 5.74) is -1.11. The number of hydrogen-bond acceptors (Lipinski definition) is 7. The SMILES string of the molecule is CCC(C)(C)C(=O)OCC(=O)OC(C(F)(F)F)C(F)(F)S(=O)(=O)[O-]. The van der Waals surface area contributed by atoms with Gasteiger partial charge in [0.1, 0.15) is 0 Å². The highest BCUT2D eigenvalue weighted by Gasteiger charge is 2.63. The molecule has 0 aromatic carbocycles. The number of carbonyl (C=O) groups excluding carboxylic acids is 2. The average Bonchev–Trinajstić information content (AvgIpc) is 2.39. The fourth-order valence-electron chi connectivity index (χ4n) is 1.09. The molecule has 0 amide bonds. The number of rotatable bonds is 7. The third kappa shape index (κ3) is 5.54. The van der Waals surface area contributed by atoms with Crippen LogP contribution in [0.3, 0.4) is 0 Å². The van der Waals surface area contributed by atoms with E-state index in [2.05, 4.69) is 9.47 Å². The van der Waals surface area contributed by atoms with Crippen LogP contribution in [0.4, 0.5) is 22.0 Å². The van der Waals surface area contributed by atoms with Crippen molar-refractivity contribution in [1.29, 1.82) is 0 Å². The summed E-state index contributed by atoms with van der Waals surface area (Å²) in [6.07, 6.45) is -10.3. The topological polar surface area (TPSA) is 110 Å². The van der Waals surface area contributed by atoms with Gasteiger partial charge in [0.05, 0.1) is 5.41 Å². The second-order valence-electron chi connectivity index (χ2n) is 5.24. The van der Waals surface area contributed by atoms with E-state index in [0.717, 1.165) is 0 Å². The Bertz CT molecular complexity index is 582. The average molecular weight is 385 g/mol. The Morgan fingerprint density at radius 1 is 1.12 bits per heavy atom. The molecule has 0 rings (SSSR count). The fourth-order valence-corrected chi connectivity index (χ4v) is 1.53. The van der Waals surface area contributed by atoms with Gasteiger partial charge in [-0.25, -0.2) is 13.2 Å². The van der Waals surface area contributed by atoms with Crippen molar-refractivity contribution >= 4 is 22.1 Å². The maximum absolute atomic E-state index is 13.1. The van der Waals surface area contributed by atoms with Crippen LogP contribution in [0.2, 0.25) is 0 Å². The number of esters is 2. The normalized spacial score (nSPS) is 14.9. The maximum Gasteiger partial charge on any atom is 0.432 e. The van der Waals surface area contributed by atoms with Gasteiger partial charge in [0, 0.05) is 0 Å². The highest BCUT2D eigenvalue weighted by Crippen LogP contribution is 2.38. The molecule has 0 heterocycles. The molecule has 0 N–H and O–H groups in total.